The summed E-state index contributed by atoms with van der Waals surface area (Å²) in [5.41, 5.74) is 4.67. The van der Waals surface area contributed by atoms with Crippen molar-refractivity contribution in [2.45, 2.75) is 4.90 Å². The maximum Gasteiger partial charge on any atom is 0.312 e. The molecule has 0 unspecified atom stereocenters. The van der Waals surface area contributed by atoms with Gasteiger partial charge in [0.15, 0.2) is 4.90 Å². The molecule has 0 radical (unpaired) electrons. The van der Waals surface area contributed by atoms with Crippen molar-refractivity contribution in [1.29, 1.82) is 0 Å². The molecule has 2 rings (SSSR count). The van der Waals surface area contributed by atoms with E-state index in [-0.39, 0.29) is 11.5 Å². The van der Waals surface area contributed by atoms with Crippen LogP contribution in [0.25, 0.3) is 0 Å². The second-order valence-corrected chi connectivity index (χ2v) is 6.05. The van der Waals surface area contributed by atoms with Crippen LogP contribution in [-0.2, 0) is 10.0 Å². The number of sulfonamides is 1. The molecule has 0 fully saturated rings. The van der Waals surface area contributed by atoms with Crippen LogP contribution >= 0.6 is 0 Å². The fourth-order valence-corrected chi connectivity index (χ4v) is 3.09. The van der Waals surface area contributed by atoms with E-state index in [1.54, 1.807) is 12.1 Å². The van der Waals surface area contributed by atoms with Crippen LogP contribution in [0.15, 0.2) is 47.5 Å². The molecule has 2 N–H and O–H groups in total. The summed E-state index contributed by atoms with van der Waals surface area (Å²) in [6.07, 6.45) is 1.43. The van der Waals surface area contributed by atoms with Crippen LogP contribution in [0.4, 0.5) is 17.2 Å². The summed E-state index contributed by atoms with van der Waals surface area (Å²) in [7, 11) is -2.87. The molecule has 0 aliphatic rings. The van der Waals surface area contributed by atoms with E-state index in [1.807, 2.05) is 0 Å². The number of aromatic nitrogens is 1. The summed E-state index contributed by atoms with van der Waals surface area (Å²) < 4.78 is 25.9. The first kappa shape index (κ1) is 14.7. The molecule has 21 heavy (non-hydrogen) atoms. The van der Waals surface area contributed by atoms with E-state index in [4.69, 9.17) is 5.73 Å². The third kappa shape index (κ3) is 2.63. The highest BCUT2D eigenvalue weighted by atomic mass is 32.2. The number of nitrogens with two attached hydrogens (primary N) is 1. The Morgan fingerprint density at radius 1 is 1.24 bits per heavy atom. The van der Waals surface area contributed by atoms with Crippen molar-refractivity contribution in [3.63, 3.8) is 0 Å². The lowest BCUT2D eigenvalue weighted by molar-refractivity contribution is -0.386. The first-order valence-corrected chi connectivity index (χ1v) is 7.22. The highest BCUT2D eigenvalue weighted by molar-refractivity contribution is 7.93. The largest absolute Gasteiger partial charge is 0.393 e. The van der Waals surface area contributed by atoms with Crippen LogP contribution in [0, 0.1) is 10.1 Å². The maximum absolute atomic E-state index is 12.5. The Kier molecular flexibility index (Phi) is 3.76. The monoisotopic (exact) mass is 308 g/mol. The molecule has 0 saturated carbocycles. The van der Waals surface area contributed by atoms with Crippen molar-refractivity contribution in [3.05, 3.63) is 52.7 Å². The van der Waals surface area contributed by atoms with Crippen molar-refractivity contribution < 1.29 is 13.3 Å². The molecule has 110 valence electrons. The molecule has 0 spiro atoms. The lowest BCUT2D eigenvalue weighted by atomic mass is 10.3. The molecule has 1 heterocycles. The molecule has 1 aromatic heterocycles. The third-order valence-electron chi connectivity index (χ3n) is 2.82. The van der Waals surface area contributed by atoms with E-state index < -0.39 is 25.5 Å². The van der Waals surface area contributed by atoms with Crippen LogP contribution in [0.2, 0.25) is 0 Å². The molecule has 1 aromatic carbocycles. The van der Waals surface area contributed by atoms with Gasteiger partial charge in [0.1, 0.15) is 11.5 Å². The van der Waals surface area contributed by atoms with Crippen molar-refractivity contribution in [1.82, 2.24) is 4.98 Å². The molecule has 0 atom stereocenters. The maximum atomic E-state index is 12.5. The van der Waals surface area contributed by atoms with Gasteiger partial charge in [-0.15, -0.1) is 0 Å². The summed E-state index contributed by atoms with van der Waals surface area (Å²) in [6, 6.07) is 8.49. The Bertz CT molecular complexity index is 777. The van der Waals surface area contributed by atoms with Gasteiger partial charge in [-0.05, 0) is 24.3 Å². The van der Waals surface area contributed by atoms with E-state index in [1.165, 1.54) is 31.4 Å². The zero-order valence-corrected chi connectivity index (χ0v) is 11.8. The van der Waals surface area contributed by atoms with Crippen LogP contribution in [0.3, 0.4) is 0 Å². The molecule has 0 aliphatic carbocycles. The van der Waals surface area contributed by atoms with Crippen LogP contribution in [0.5, 0.6) is 0 Å². The number of pyridine rings is 1. The van der Waals surface area contributed by atoms with Gasteiger partial charge in [0.25, 0.3) is 10.0 Å². The molecule has 0 bridgehead atoms. The lowest BCUT2D eigenvalue weighted by Gasteiger charge is -2.18. The molecule has 0 aliphatic heterocycles. The molecular weight excluding hydrogens is 296 g/mol. The number of nitro groups is 1. The summed E-state index contributed by atoms with van der Waals surface area (Å²) >= 11 is 0. The van der Waals surface area contributed by atoms with E-state index in [0.717, 1.165) is 10.4 Å². The average molecular weight is 308 g/mol. The number of nitrogens with zero attached hydrogens (tertiary/aromatic N) is 3. The van der Waals surface area contributed by atoms with Gasteiger partial charge in [-0.25, -0.2) is 13.4 Å². The molecule has 0 amide bonds. The number of rotatable bonds is 4. The summed E-state index contributed by atoms with van der Waals surface area (Å²) in [4.78, 5) is 13.7. The number of anilines is 2. The van der Waals surface area contributed by atoms with Gasteiger partial charge >= 0.3 is 5.69 Å². The number of nitro benzene ring substituents is 1. The Balaban J connectivity index is 2.61. The molecule has 9 heteroatoms. The minimum absolute atomic E-state index is 0.147. The van der Waals surface area contributed by atoms with E-state index in [0.29, 0.717) is 0 Å². The topological polar surface area (TPSA) is 119 Å². The summed E-state index contributed by atoms with van der Waals surface area (Å²) in [5, 5.41) is 11.1. The molecular formula is C12H12N4O4S. The minimum Gasteiger partial charge on any atom is -0.393 e. The van der Waals surface area contributed by atoms with Gasteiger partial charge in [0, 0.05) is 13.2 Å². The van der Waals surface area contributed by atoms with Gasteiger partial charge in [0.2, 0.25) is 0 Å². The van der Waals surface area contributed by atoms with Crippen molar-refractivity contribution in [2.24, 2.45) is 0 Å². The van der Waals surface area contributed by atoms with Gasteiger partial charge in [0.05, 0.1) is 4.92 Å². The number of nitrogen functional groups attached to an aromatic ring is 1. The SMILES string of the molecule is CN(c1ccccn1)S(=O)(=O)c1cccc(N)c1[N+](=O)[O-]. The first-order chi connectivity index (χ1) is 9.85. The predicted molar refractivity (Wildman–Crippen MR) is 77.3 cm³/mol. The second-order valence-electron chi connectivity index (χ2n) is 4.11. The van der Waals surface area contributed by atoms with Gasteiger partial charge in [-0.3, -0.25) is 14.4 Å². The smallest absolute Gasteiger partial charge is 0.312 e. The van der Waals surface area contributed by atoms with Gasteiger partial charge < -0.3 is 5.73 Å². The zero-order valence-electron chi connectivity index (χ0n) is 11.0. The van der Waals surface area contributed by atoms with E-state index in [2.05, 4.69) is 4.98 Å². The first-order valence-electron chi connectivity index (χ1n) is 5.78. The Labute approximate surface area is 121 Å². The summed E-state index contributed by atoms with van der Waals surface area (Å²) in [6.45, 7) is 0. The highest BCUT2D eigenvalue weighted by Crippen LogP contribution is 2.32. The van der Waals surface area contributed by atoms with Crippen LogP contribution in [0.1, 0.15) is 0 Å². The molecule has 8 nitrogen and oxygen atoms in total. The average Bonchev–Trinajstić information content (AvgIpc) is 2.46. The van der Waals surface area contributed by atoms with E-state index in [9.17, 15) is 18.5 Å². The fourth-order valence-electron chi connectivity index (χ4n) is 1.75. The second kappa shape index (κ2) is 5.37. The van der Waals surface area contributed by atoms with Gasteiger partial charge in [-0.1, -0.05) is 12.1 Å². The predicted octanol–water partition coefficient (Wildman–Crippen LogP) is 1.40. The normalized spacial score (nSPS) is 11.1. The lowest BCUT2D eigenvalue weighted by Crippen LogP contribution is -2.28. The number of hydrogen-bond donors (Lipinski definition) is 1. The van der Waals surface area contributed by atoms with Crippen molar-refractivity contribution in [3.8, 4) is 0 Å². The van der Waals surface area contributed by atoms with Crippen molar-refractivity contribution in [2.75, 3.05) is 17.1 Å². The van der Waals surface area contributed by atoms with Crippen molar-refractivity contribution >= 4 is 27.2 Å². The molecule has 0 saturated heterocycles. The molecule has 2 aromatic rings. The quantitative estimate of drug-likeness (QED) is 0.518. The highest BCUT2D eigenvalue weighted by Gasteiger charge is 2.32. The minimum atomic E-state index is -4.14. The van der Waals surface area contributed by atoms with Gasteiger partial charge in [-0.2, -0.15) is 0 Å². The Hall–Kier alpha value is -2.68. The number of para-hydroxylation sites is 1. The summed E-state index contributed by atoms with van der Waals surface area (Å²) in [5.74, 6) is 0.147. The fraction of sp³-hybridized carbons (Fsp3) is 0.0833. The standard InChI is InChI=1S/C12H12N4O4S/c1-15(11-7-2-3-8-14-11)21(19,20)10-6-4-5-9(13)12(10)16(17)18/h2-8H,13H2,1H3. The zero-order chi connectivity index (χ0) is 15.6. The number of benzene rings is 1. The third-order valence-corrected chi connectivity index (χ3v) is 4.62. The Morgan fingerprint density at radius 3 is 2.52 bits per heavy atom. The van der Waals surface area contributed by atoms with E-state index >= 15 is 0 Å². The number of hydrogen-bond acceptors (Lipinski definition) is 6. The Morgan fingerprint density at radius 2 is 1.95 bits per heavy atom. The van der Waals surface area contributed by atoms with Crippen LogP contribution in [-0.4, -0.2) is 25.4 Å². The van der Waals surface area contributed by atoms with Crippen LogP contribution < -0.4 is 10.0 Å².